The van der Waals surface area contributed by atoms with Crippen molar-refractivity contribution in [1.29, 1.82) is 0 Å². The van der Waals surface area contributed by atoms with Crippen molar-refractivity contribution in [3.8, 4) is 0 Å². The molecule has 0 amide bonds. The van der Waals surface area contributed by atoms with Gasteiger partial charge in [-0.2, -0.15) is 4.31 Å². The summed E-state index contributed by atoms with van der Waals surface area (Å²) in [6.07, 6.45) is 3.05. The smallest absolute Gasteiger partial charge is 0.244 e. The van der Waals surface area contributed by atoms with Crippen molar-refractivity contribution in [2.75, 3.05) is 31.6 Å². The lowest BCUT2D eigenvalue weighted by Gasteiger charge is -2.30. The third-order valence-electron chi connectivity index (χ3n) is 3.47. The number of hydrogen-bond donors (Lipinski definition) is 2. The first-order valence-electron chi connectivity index (χ1n) is 6.89. The van der Waals surface area contributed by atoms with Gasteiger partial charge < -0.3 is 10.4 Å². The quantitative estimate of drug-likeness (QED) is 0.844. The van der Waals surface area contributed by atoms with E-state index in [9.17, 15) is 13.5 Å². The highest BCUT2D eigenvalue weighted by Gasteiger charge is 2.30. The Morgan fingerprint density at radius 3 is 2.90 bits per heavy atom. The number of aliphatic hydroxyl groups is 1. The minimum atomic E-state index is -3.50. The first kappa shape index (κ1) is 15.2. The fraction of sp³-hybridized carbons (Fsp3) is 0.615. The predicted molar refractivity (Wildman–Crippen MR) is 77.0 cm³/mol. The van der Waals surface area contributed by atoms with Crippen molar-refractivity contribution >= 4 is 15.8 Å². The summed E-state index contributed by atoms with van der Waals surface area (Å²) in [6.45, 7) is 3.61. The standard InChI is InChI=1S/C13H21N3O3S/c1-2-14-13-6-5-12(8-15-13)20(18,19)16-7-3-4-11(9-16)10-17/h5-6,8,11,17H,2-4,7,9-10H2,1H3,(H,14,15). The summed E-state index contributed by atoms with van der Waals surface area (Å²) < 4.78 is 26.4. The first-order valence-corrected chi connectivity index (χ1v) is 8.33. The van der Waals surface area contributed by atoms with Gasteiger partial charge in [0.25, 0.3) is 0 Å². The van der Waals surface area contributed by atoms with E-state index in [-0.39, 0.29) is 17.4 Å². The van der Waals surface area contributed by atoms with Crippen molar-refractivity contribution in [2.24, 2.45) is 5.92 Å². The molecule has 20 heavy (non-hydrogen) atoms. The van der Waals surface area contributed by atoms with Crippen LogP contribution in [0.5, 0.6) is 0 Å². The molecule has 0 radical (unpaired) electrons. The van der Waals surface area contributed by atoms with Gasteiger partial charge in [0, 0.05) is 32.4 Å². The van der Waals surface area contributed by atoms with Crippen LogP contribution in [0.25, 0.3) is 0 Å². The van der Waals surface area contributed by atoms with Crippen LogP contribution in [-0.4, -0.2) is 49.1 Å². The minimum absolute atomic E-state index is 0.0314. The molecule has 7 heteroatoms. The van der Waals surface area contributed by atoms with E-state index >= 15 is 0 Å². The lowest BCUT2D eigenvalue weighted by atomic mass is 10.0. The highest BCUT2D eigenvalue weighted by atomic mass is 32.2. The minimum Gasteiger partial charge on any atom is -0.396 e. The molecule has 0 aromatic carbocycles. The van der Waals surface area contributed by atoms with E-state index in [0.29, 0.717) is 18.9 Å². The molecule has 0 saturated carbocycles. The lowest BCUT2D eigenvalue weighted by molar-refractivity contribution is 0.165. The highest BCUT2D eigenvalue weighted by Crippen LogP contribution is 2.23. The second-order valence-corrected chi connectivity index (χ2v) is 6.90. The van der Waals surface area contributed by atoms with Gasteiger partial charge in [-0.3, -0.25) is 0 Å². The van der Waals surface area contributed by atoms with Crippen LogP contribution in [0, 0.1) is 5.92 Å². The monoisotopic (exact) mass is 299 g/mol. The molecule has 2 rings (SSSR count). The SMILES string of the molecule is CCNc1ccc(S(=O)(=O)N2CCCC(CO)C2)cn1. The maximum Gasteiger partial charge on any atom is 0.244 e. The number of rotatable bonds is 5. The molecule has 1 saturated heterocycles. The Labute approximate surface area is 119 Å². The molecule has 1 aliphatic rings. The fourth-order valence-electron chi connectivity index (χ4n) is 2.36. The topological polar surface area (TPSA) is 82.5 Å². The third kappa shape index (κ3) is 3.28. The molecule has 2 heterocycles. The Morgan fingerprint density at radius 2 is 2.30 bits per heavy atom. The van der Waals surface area contributed by atoms with E-state index in [1.807, 2.05) is 6.92 Å². The van der Waals surface area contributed by atoms with Gasteiger partial charge in [-0.25, -0.2) is 13.4 Å². The molecule has 0 spiro atoms. The number of nitrogens with one attached hydrogen (secondary N) is 1. The zero-order valence-corrected chi connectivity index (χ0v) is 12.4. The molecule has 6 nitrogen and oxygen atoms in total. The van der Waals surface area contributed by atoms with Gasteiger partial charge >= 0.3 is 0 Å². The molecule has 1 fully saturated rings. The molecule has 0 aliphatic carbocycles. The number of pyridine rings is 1. The Bertz CT molecular complexity index is 530. The summed E-state index contributed by atoms with van der Waals surface area (Å²) in [4.78, 5) is 4.31. The third-order valence-corrected chi connectivity index (χ3v) is 5.32. The number of aliphatic hydroxyl groups excluding tert-OH is 1. The zero-order valence-electron chi connectivity index (χ0n) is 11.6. The fourth-order valence-corrected chi connectivity index (χ4v) is 3.86. The molecule has 1 aromatic heterocycles. The summed E-state index contributed by atoms with van der Waals surface area (Å²) in [5, 5.41) is 12.2. The van der Waals surface area contributed by atoms with Gasteiger partial charge in [-0.05, 0) is 37.8 Å². The second kappa shape index (κ2) is 6.51. The average molecular weight is 299 g/mol. The van der Waals surface area contributed by atoms with Crippen LogP contribution in [0.3, 0.4) is 0 Å². The van der Waals surface area contributed by atoms with Crippen LogP contribution >= 0.6 is 0 Å². The first-order chi connectivity index (χ1) is 9.57. The van der Waals surface area contributed by atoms with Crippen molar-refractivity contribution < 1.29 is 13.5 Å². The second-order valence-electron chi connectivity index (χ2n) is 4.96. The van der Waals surface area contributed by atoms with Crippen molar-refractivity contribution in [3.63, 3.8) is 0 Å². The molecule has 1 unspecified atom stereocenters. The summed E-state index contributed by atoms with van der Waals surface area (Å²) >= 11 is 0. The van der Waals surface area contributed by atoms with Gasteiger partial charge in [0.2, 0.25) is 10.0 Å². The molecule has 2 N–H and O–H groups in total. The highest BCUT2D eigenvalue weighted by molar-refractivity contribution is 7.89. The van der Waals surface area contributed by atoms with Crippen LogP contribution in [0.2, 0.25) is 0 Å². The molecular formula is C13H21N3O3S. The predicted octanol–water partition coefficient (Wildman–Crippen LogP) is 0.906. The van der Waals surface area contributed by atoms with Gasteiger partial charge in [0.1, 0.15) is 10.7 Å². The summed E-state index contributed by atoms with van der Waals surface area (Å²) in [5.41, 5.74) is 0. The van der Waals surface area contributed by atoms with Crippen molar-refractivity contribution in [2.45, 2.75) is 24.7 Å². The molecule has 0 bridgehead atoms. The largest absolute Gasteiger partial charge is 0.396 e. The van der Waals surface area contributed by atoms with Crippen molar-refractivity contribution in [1.82, 2.24) is 9.29 Å². The normalized spacial score (nSPS) is 20.8. The summed E-state index contributed by atoms with van der Waals surface area (Å²) in [5.74, 6) is 0.700. The Balaban J connectivity index is 2.16. The molecule has 1 atom stereocenters. The number of aromatic nitrogens is 1. The Hall–Kier alpha value is -1.18. The number of anilines is 1. The molecule has 112 valence electrons. The zero-order chi connectivity index (χ0) is 14.6. The molecule has 1 aliphatic heterocycles. The van der Waals surface area contributed by atoms with Crippen LogP contribution in [0.4, 0.5) is 5.82 Å². The van der Waals surface area contributed by atoms with E-state index in [1.165, 1.54) is 10.5 Å². The maximum absolute atomic E-state index is 12.5. The van der Waals surface area contributed by atoms with Gasteiger partial charge in [-0.1, -0.05) is 0 Å². The number of piperidine rings is 1. The molecule has 1 aromatic rings. The molecular weight excluding hydrogens is 278 g/mol. The lowest BCUT2D eigenvalue weighted by Crippen LogP contribution is -2.40. The van der Waals surface area contributed by atoms with Gasteiger partial charge in [0.15, 0.2) is 0 Å². The van der Waals surface area contributed by atoms with E-state index in [4.69, 9.17) is 0 Å². The van der Waals surface area contributed by atoms with Crippen molar-refractivity contribution in [3.05, 3.63) is 18.3 Å². The maximum atomic E-state index is 12.5. The van der Waals surface area contributed by atoms with E-state index in [2.05, 4.69) is 10.3 Å². The van der Waals surface area contributed by atoms with Crippen LogP contribution in [-0.2, 0) is 10.0 Å². The number of nitrogens with zero attached hydrogens (tertiary/aromatic N) is 2. The van der Waals surface area contributed by atoms with E-state index in [1.54, 1.807) is 12.1 Å². The Kier molecular flexibility index (Phi) is 4.95. The average Bonchev–Trinajstić information content (AvgIpc) is 2.48. The van der Waals surface area contributed by atoms with Crippen LogP contribution < -0.4 is 5.32 Å². The van der Waals surface area contributed by atoms with Crippen LogP contribution in [0.15, 0.2) is 23.2 Å². The van der Waals surface area contributed by atoms with Crippen LogP contribution in [0.1, 0.15) is 19.8 Å². The van der Waals surface area contributed by atoms with Gasteiger partial charge in [-0.15, -0.1) is 0 Å². The Morgan fingerprint density at radius 1 is 1.50 bits per heavy atom. The van der Waals surface area contributed by atoms with E-state index < -0.39 is 10.0 Å². The van der Waals surface area contributed by atoms with E-state index in [0.717, 1.165) is 19.4 Å². The number of sulfonamides is 1. The summed E-state index contributed by atoms with van der Waals surface area (Å²) in [7, 11) is -3.50. The number of hydrogen-bond acceptors (Lipinski definition) is 5. The summed E-state index contributed by atoms with van der Waals surface area (Å²) in [6, 6.07) is 3.24. The van der Waals surface area contributed by atoms with Gasteiger partial charge in [0.05, 0.1) is 0 Å².